The van der Waals surface area contributed by atoms with Crippen molar-refractivity contribution in [2.45, 2.75) is 26.3 Å². The second-order valence-electron chi connectivity index (χ2n) is 6.62. The van der Waals surface area contributed by atoms with Crippen molar-refractivity contribution in [3.05, 3.63) is 71.4 Å². The molecular weight excluding hydrogens is 356 g/mol. The summed E-state index contributed by atoms with van der Waals surface area (Å²) in [7, 11) is 0. The fourth-order valence-corrected chi connectivity index (χ4v) is 3.26. The molecule has 1 aromatic heterocycles. The molecule has 6 nitrogen and oxygen atoms in total. The highest BCUT2D eigenvalue weighted by molar-refractivity contribution is 6.10. The quantitative estimate of drug-likeness (QED) is 0.487. The Kier molecular flexibility index (Phi) is 5.89. The van der Waals surface area contributed by atoms with Crippen molar-refractivity contribution < 1.29 is 19.1 Å². The van der Waals surface area contributed by atoms with E-state index in [-0.39, 0.29) is 24.7 Å². The third-order valence-electron chi connectivity index (χ3n) is 4.49. The summed E-state index contributed by atoms with van der Waals surface area (Å²) in [6, 6.07) is 16.2. The van der Waals surface area contributed by atoms with Crippen molar-refractivity contribution in [2.24, 2.45) is 0 Å². The van der Waals surface area contributed by atoms with Crippen LogP contribution in [0.3, 0.4) is 0 Å². The van der Waals surface area contributed by atoms with Crippen molar-refractivity contribution in [1.29, 1.82) is 0 Å². The van der Waals surface area contributed by atoms with Crippen LogP contribution in [0.1, 0.15) is 41.0 Å². The normalized spacial score (nSPS) is 11.8. The van der Waals surface area contributed by atoms with E-state index in [9.17, 15) is 14.4 Å². The van der Waals surface area contributed by atoms with Gasteiger partial charge in [0, 0.05) is 29.1 Å². The van der Waals surface area contributed by atoms with Gasteiger partial charge in [0.05, 0.1) is 12.5 Å². The molecule has 0 aliphatic heterocycles. The summed E-state index contributed by atoms with van der Waals surface area (Å²) in [5.41, 5.74) is 2.94. The van der Waals surface area contributed by atoms with Crippen LogP contribution in [0.15, 0.2) is 54.6 Å². The predicted octanol–water partition coefficient (Wildman–Crippen LogP) is 3.47. The number of carbonyl (C=O) groups excluding carboxylic acids is 3. The van der Waals surface area contributed by atoms with Crippen molar-refractivity contribution in [3.63, 3.8) is 0 Å². The number of hydrogen-bond donors (Lipinski definition) is 2. The van der Waals surface area contributed by atoms with Crippen molar-refractivity contribution in [2.75, 3.05) is 6.61 Å². The van der Waals surface area contributed by atoms with Crippen LogP contribution >= 0.6 is 0 Å². The zero-order valence-electron chi connectivity index (χ0n) is 15.8. The SMILES string of the molecule is CC(=O)N[C@@H](CC(=O)OCC(=O)c1c(C)[nH]c2ccccc12)c1ccccc1. The van der Waals surface area contributed by atoms with Gasteiger partial charge in [0.25, 0.3) is 0 Å². The largest absolute Gasteiger partial charge is 0.457 e. The Morgan fingerprint density at radius 1 is 1.04 bits per heavy atom. The van der Waals surface area contributed by atoms with Crippen LogP contribution in [0.5, 0.6) is 0 Å². The summed E-state index contributed by atoms with van der Waals surface area (Å²) in [5.74, 6) is -1.06. The minimum Gasteiger partial charge on any atom is -0.457 e. The fraction of sp³-hybridized carbons (Fsp3) is 0.227. The number of rotatable bonds is 7. The third-order valence-corrected chi connectivity index (χ3v) is 4.49. The van der Waals surface area contributed by atoms with E-state index in [1.807, 2.05) is 61.5 Å². The molecule has 6 heteroatoms. The minimum atomic E-state index is -0.548. The van der Waals surface area contributed by atoms with Crippen LogP contribution in [-0.4, -0.2) is 29.3 Å². The lowest BCUT2D eigenvalue weighted by atomic mass is 10.0. The standard InChI is InChI=1S/C22H22N2O4/c1-14-22(17-10-6-7-11-18(17)23-14)20(26)13-28-21(27)12-19(24-15(2)25)16-8-4-3-5-9-16/h3-11,19,23H,12-13H2,1-2H3,(H,24,25)/t19-/m0/s1. The molecule has 0 fully saturated rings. The summed E-state index contributed by atoms with van der Waals surface area (Å²) < 4.78 is 5.21. The number of ketones is 1. The molecule has 2 N–H and O–H groups in total. The maximum absolute atomic E-state index is 12.6. The first kappa shape index (κ1) is 19.4. The molecule has 0 bridgehead atoms. The average Bonchev–Trinajstić information content (AvgIpc) is 3.01. The molecule has 0 saturated carbocycles. The van der Waals surface area contributed by atoms with E-state index in [4.69, 9.17) is 4.74 Å². The minimum absolute atomic E-state index is 0.0518. The number of benzene rings is 2. The number of Topliss-reactive ketones (excluding diaryl/α,β-unsaturated/α-hetero) is 1. The van der Waals surface area contributed by atoms with Gasteiger partial charge in [-0.2, -0.15) is 0 Å². The van der Waals surface area contributed by atoms with Gasteiger partial charge in [-0.05, 0) is 18.6 Å². The number of para-hydroxylation sites is 1. The Morgan fingerprint density at radius 3 is 2.43 bits per heavy atom. The Balaban J connectivity index is 1.66. The number of fused-ring (bicyclic) bond motifs is 1. The van der Waals surface area contributed by atoms with Crippen LogP contribution in [0.25, 0.3) is 10.9 Å². The van der Waals surface area contributed by atoms with Crippen LogP contribution in [0, 0.1) is 6.92 Å². The number of amides is 1. The molecule has 0 saturated heterocycles. The average molecular weight is 378 g/mol. The van der Waals surface area contributed by atoms with E-state index >= 15 is 0 Å². The zero-order chi connectivity index (χ0) is 20.1. The summed E-state index contributed by atoms with van der Waals surface area (Å²) >= 11 is 0. The Morgan fingerprint density at radius 2 is 1.71 bits per heavy atom. The predicted molar refractivity (Wildman–Crippen MR) is 106 cm³/mol. The number of carbonyl (C=O) groups is 3. The molecule has 0 radical (unpaired) electrons. The Labute approximate surface area is 162 Å². The highest BCUT2D eigenvalue weighted by atomic mass is 16.5. The van der Waals surface area contributed by atoms with E-state index in [0.717, 1.165) is 22.2 Å². The molecule has 0 spiro atoms. The molecule has 0 aliphatic rings. The number of H-pyrrole nitrogens is 1. The highest BCUT2D eigenvalue weighted by Crippen LogP contribution is 2.23. The van der Waals surface area contributed by atoms with Crippen LogP contribution in [0.2, 0.25) is 0 Å². The summed E-state index contributed by atoms with van der Waals surface area (Å²) in [6.45, 7) is 2.87. The van der Waals surface area contributed by atoms with E-state index in [2.05, 4.69) is 10.3 Å². The summed E-state index contributed by atoms with van der Waals surface area (Å²) in [5, 5.41) is 3.55. The lowest BCUT2D eigenvalue weighted by molar-refractivity contribution is -0.143. The summed E-state index contributed by atoms with van der Waals surface area (Å²) in [4.78, 5) is 39.5. The van der Waals surface area contributed by atoms with Gasteiger partial charge in [0.2, 0.25) is 11.7 Å². The molecule has 2 aromatic carbocycles. The Bertz CT molecular complexity index is 1010. The smallest absolute Gasteiger partial charge is 0.308 e. The molecule has 28 heavy (non-hydrogen) atoms. The first-order valence-electron chi connectivity index (χ1n) is 9.04. The highest BCUT2D eigenvalue weighted by Gasteiger charge is 2.21. The van der Waals surface area contributed by atoms with Crippen LogP contribution in [0.4, 0.5) is 0 Å². The van der Waals surface area contributed by atoms with E-state index < -0.39 is 12.0 Å². The van der Waals surface area contributed by atoms with Crippen molar-refractivity contribution in [3.8, 4) is 0 Å². The molecule has 144 valence electrons. The first-order valence-corrected chi connectivity index (χ1v) is 9.04. The van der Waals surface area contributed by atoms with E-state index in [1.54, 1.807) is 0 Å². The topological polar surface area (TPSA) is 88.3 Å². The van der Waals surface area contributed by atoms with E-state index in [0.29, 0.717) is 5.56 Å². The number of aromatic amines is 1. The number of esters is 1. The maximum Gasteiger partial charge on any atom is 0.308 e. The van der Waals surface area contributed by atoms with Gasteiger partial charge in [-0.25, -0.2) is 0 Å². The second-order valence-corrected chi connectivity index (χ2v) is 6.62. The molecule has 3 rings (SSSR count). The molecule has 1 atom stereocenters. The molecule has 0 aliphatic carbocycles. The van der Waals surface area contributed by atoms with Crippen molar-refractivity contribution in [1.82, 2.24) is 10.3 Å². The van der Waals surface area contributed by atoms with Crippen LogP contribution < -0.4 is 5.32 Å². The van der Waals surface area contributed by atoms with Gasteiger partial charge >= 0.3 is 5.97 Å². The molecular formula is C22H22N2O4. The lowest BCUT2D eigenvalue weighted by Gasteiger charge is -2.17. The van der Waals surface area contributed by atoms with Gasteiger partial charge in [0.1, 0.15) is 0 Å². The van der Waals surface area contributed by atoms with Gasteiger partial charge < -0.3 is 15.0 Å². The van der Waals surface area contributed by atoms with Crippen LogP contribution in [-0.2, 0) is 14.3 Å². The molecule has 1 amide bonds. The van der Waals surface area contributed by atoms with E-state index in [1.165, 1.54) is 6.92 Å². The number of aryl methyl sites for hydroxylation is 1. The number of hydrogen-bond acceptors (Lipinski definition) is 4. The lowest BCUT2D eigenvalue weighted by Crippen LogP contribution is -2.29. The zero-order valence-corrected chi connectivity index (χ0v) is 15.8. The second kappa shape index (κ2) is 8.52. The van der Waals surface area contributed by atoms with Gasteiger partial charge in [-0.3, -0.25) is 14.4 Å². The molecule has 0 unspecified atom stereocenters. The monoisotopic (exact) mass is 378 g/mol. The maximum atomic E-state index is 12.6. The third kappa shape index (κ3) is 4.46. The number of aromatic nitrogens is 1. The number of nitrogens with one attached hydrogen (secondary N) is 2. The molecule has 3 aromatic rings. The number of ether oxygens (including phenoxy) is 1. The fourth-order valence-electron chi connectivity index (χ4n) is 3.26. The van der Waals surface area contributed by atoms with Gasteiger partial charge in [-0.15, -0.1) is 0 Å². The van der Waals surface area contributed by atoms with Gasteiger partial charge in [0.15, 0.2) is 6.61 Å². The van der Waals surface area contributed by atoms with Crippen molar-refractivity contribution >= 4 is 28.6 Å². The molecule has 1 heterocycles. The Hall–Kier alpha value is -3.41. The van der Waals surface area contributed by atoms with Gasteiger partial charge in [-0.1, -0.05) is 48.5 Å². The first-order chi connectivity index (χ1) is 13.5. The summed E-state index contributed by atoms with van der Waals surface area (Å²) in [6.07, 6.45) is -0.0518.